The molecule has 1 saturated carbocycles. The van der Waals surface area contributed by atoms with Gasteiger partial charge in [-0.3, -0.25) is 0 Å². The number of alkyl halides is 2. The summed E-state index contributed by atoms with van der Waals surface area (Å²) >= 11 is 0. The minimum absolute atomic E-state index is 0.0289. The Morgan fingerprint density at radius 3 is 2.94 bits per heavy atom. The normalized spacial score (nSPS) is 28.6. The first kappa shape index (κ1) is 11.9. The molecule has 1 heterocycles. The number of hydrogen-bond donors (Lipinski definition) is 1. The molecule has 98 valence electrons. The summed E-state index contributed by atoms with van der Waals surface area (Å²) in [6, 6.07) is 6.26. The minimum Gasteiger partial charge on any atom is -0.493 e. The van der Waals surface area contributed by atoms with E-state index in [0.717, 1.165) is 13.0 Å². The van der Waals surface area contributed by atoms with Crippen molar-refractivity contribution < 1.29 is 13.5 Å². The van der Waals surface area contributed by atoms with Crippen LogP contribution in [0.3, 0.4) is 0 Å². The highest BCUT2D eigenvalue weighted by Gasteiger charge is 2.57. The number of hydrogen-bond acceptors (Lipinski definition) is 2. The fraction of sp³-hybridized carbons (Fsp3) is 0.571. The summed E-state index contributed by atoms with van der Waals surface area (Å²) in [5, 5.41) is 3.39. The van der Waals surface area contributed by atoms with Gasteiger partial charge in [0.15, 0.2) is 0 Å². The number of halogens is 2. The van der Waals surface area contributed by atoms with Gasteiger partial charge in [-0.2, -0.15) is 0 Å². The average Bonchev–Trinajstić information content (AvgIpc) is 2.95. The van der Waals surface area contributed by atoms with Gasteiger partial charge in [-0.1, -0.05) is 6.07 Å². The molecule has 0 radical (unpaired) electrons. The smallest absolute Gasteiger partial charge is 0.255 e. The number of benzene rings is 1. The van der Waals surface area contributed by atoms with Crippen LogP contribution in [0.25, 0.3) is 0 Å². The van der Waals surface area contributed by atoms with Crippen molar-refractivity contribution in [1.29, 1.82) is 0 Å². The Kier molecular flexibility index (Phi) is 2.77. The SMILES string of the molecule is CC1NCCc2cc(OCC3CC3(F)F)ccc21. The predicted octanol–water partition coefficient (Wildman–Crippen LogP) is 2.93. The Morgan fingerprint density at radius 1 is 1.44 bits per heavy atom. The van der Waals surface area contributed by atoms with Crippen molar-refractivity contribution in [2.45, 2.75) is 31.7 Å². The first-order chi connectivity index (χ1) is 8.56. The van der Waals surface area contributed by atoms with E-state index in [2.05, 4.69) is 12.2 Å². The number of nitrogens with one attached hydrogen (secondary N) is 1. The Bertz CT molecular complexity index is 461. The molecule has 4 heteroatoms. The Morgan fingerprint density at radius 2 is 2.22 bits per heavy atom. The lowest BCUT2D eigenvalue weighted by molar-refractivity contribution is 0.0856. The molecular formula is C14H17F2NO. The molecule has 0 bridgehead atoms. The van der Waals surface area contributed by atoms with Gasteiger partial charge in [0, 0.05) is 12.5 Å². The van der Waals surface area contributed by atoms with Crippen LogP contribution in [0.4, 0.5) is 8.78 Å². The molecule has 0 spiro atoms. The molecular weight excluding hydrogens is 236 g/mol. The summed E-state index contributed by atoms with van der Waals surface area (Å²) in [4.78, 5) is 0. The third kappa shape index (κ3) is 2.21. The summed E-state index contributed by atoms with van der Waals surface area (Å²) in [6.45, 7) is 3.21. The standard InChI is InChI=1S/C14H17F2NO/c1-9-13-3-2-12(6-10(13)4-5-17-9)18-8-11-7-14(11,15)16/h2-3,6,9,11,17H,4-5,7-8H2,1H3. The van der Waals surface area contributed by atoms with Crippen molar-refractivity contribution in [3.05, 3.63) is 29.3 Å². The molecule has 1 aromatic rings. The first-order valence-corrected chi connectivity index (χ1v) is 6.43. The summed E-state index contributed by atoms with van der Waals surface area (Å²) in [6.07, 6.45) is 0.940. The van der Waals surface area contributed by atoms with E-state index >= 15 is 0 Å². The summed E-state index contributed by atoms with van der Waals surface area (Å²) in [7, 11) is 0. The molecule has 1 aromatic carbocycles. The monoisotopic (exact) mass is 253 g/mol. The van der Waals surface area contributed by atoms with Gasteiger partial charge in [0.1, 0.15) is 5.75 Å². The van der Waals surface area contributed by atoms with Crippen molar-refractivity contribution in [2.24, 2.45) is 5.92 Å². The molecule has 0 saturated heterocycles. The molecule has 1 aliphatic carbocycles. The number of ether oxygens (including phenoxy) is 1. The van der Waals surface area contributed by atoms with Crippen molar-refractivity contribution >= 4 is 0 Å². The zero-order valence-corrected chi connectivity index (χ0v) is 10.4. The molecule has 3 rings (SSSR count). The average molecular weight is 253 g/mol. The lowest BCUT2D eigenvalue weighted by atomic mass is 9.95. The van der Waals surface area contributed by atoms with Crippen LogP contribution in [-0.4, -0.2) is 19.1 Å². The highest BCUT2D eigenvalue weighted by atomic mass is 19.3. The lowest BCUT2D eigenvalue weighted by Crippen LogP contribution is -2.27. The molecule has 2 unspecified atom stereocenters. The zero-order chi connectivity index (χ0) is 12.8. The van der Waals surface area contributed by atoms with E-state index in [0.29, 0.717) is 11.8 Å². The van der Waals surface area contributed by atoms with Crippen molar-refractivity contribution in [1.82, 2.24) is 5.32 Å². The first-order valence-electron chi connectivity index (χ1n) is 6.43. The van der Waals surface area contributed by atoms with Crippen LogP contribution in [0.15, 0.2) is 18.2 Å². The summed E-state index contributed by atoms with van der Waals surface area (Å²) in [5.41, 5.74) is 2.55. The van der Waals surface area contributed by atoms with Gasteiger partial charge in [-0.05, 0) is 43.1 Å². The number of fused-ring (bicyclic) bond motifs is 1. The van der Waals surface area contributed by atoms with Crippen LogP contribution in [-0.2, 0) is 6.42 Å². The second-order valence-corrected chi connectivity index (χ2v) is 5.26. The van der Waals surface area contributed by atoms with Gasteiger partial charge in [0.2, 0.25) is 0 Å². The van der Waals surface area contributed by atoms with Gasteiger partial charge in [-0.25, -0.2) is 8.78 Å². The zero-order valence-electron chi connectivity index (χ0n) is 10.4. The minimum atomic E-state index is -2.49. The highest BCUT2D eigenvalue weighted by molar-refractivity contribution is 5.39. The molecule has 2 aliphatic rings. The van der Waals surface area contributed by atoms with E-state index in [1.807, 2.05) is 18.2 Å². The van der Waals surface area contributed by atoms with Crippen LogP contribution in [0, 0.1) is 5.92 Å². The third-order valence-electron chi connectivity index (χ3n) is 3.83. The van der Waals surface area contributed by atoms with Crippen molar-refractivity contribution in [2.75, 3.05) is 13.2 Å². The van der Waals surface area contributed by atoms with E-state index in [1.165, 1.54) is 11.1 Å². The van der Waals surface area contributed by atoms with E-state index in [1.54, 1.807) is 0 Å². The molecule has 2 atom stereocenters. The van der Waals surface area contributed by atoms with Gasteiger partial charge in [0.25, 0.3) is 5.92 Å². The largest absolute Gasteiger partial charge is 0.493 e. The fourth-order valence-corrected chi connectivity index (χ4v) is 2.49. The number of rotatable bonds is 3. The molecule has 0 aromatic heterocycles. The van der Waals surface area contributed by atoms with Crippen molar-refractivity contribution in [3.8, 4) is 5.75 Å². The van der Waals surface area contributed by atoms with Crippen LogP contribution >= 0.6 is 0 Å². The quantitative estimate of drug-likeness (QED) is 0.894. The van der Waals surface area contributed by atoms with Gasteiger partial charge in [-0.15, -0.1) is 0 Å². The Hall–Kier alpha value is -1.16. The molecule has 0 amide bonds. The van der Waals surface area contributed by atoms with Crippen molar-refractivity contribution in [3.63, 3.8) is 0 Å². The van der Waals surface area contributed by atoms with Gasteiger partial charge >= 0.3 is 0 Å². The summed E-state index contributed by atoms with van der Waals surface area (Å²) < 4.78 is 30.9. The Labute approximate surface area is 105 Å². The predicted molar refractivity (Wildman–Crippen MR) is 65.1 cm³/mol. The lowest BCUT2D eigenvalue weighted by Gasteiger charge is -2.24. The Balaban J connectivity index is 1.67. The van der Waals surface area contributed by atoms with E-state index in [9.17, 15) is 8.78 Å². The van der Waals surface area contributed by atoms with Crippen LogP contribution in [0.2, 0.25) is 0 Å². The molecule has 2 nitrogen and oxygen atoms in total. The molecule has 18 heavy (non-hydrogen) atoms. The van der Waals surface area contributed by atoms with Crippen LogP contribution in [0.1, 0.15) is 30.5 Å². The fourth-order valence-electron chi connectivity index (χ4n) is 2.49. The maximum absolute atomic E-state index is 12.7. The maximum atomic E-state index is 12.7. The molecule has 1 N–H and O–H groups in total. The summed E-state index contributed by atoms with van der Waals surface area (Å²) in [5.74, 6) is -2.37. The van der Waals surface area contributed by atoms with E-state index < -0.39 is 11.8 Å². The van der Waals surface area contributed by atoms with Gasteiger partial charge < -0.3 is 10.1 Å². The highest BCUT2D eigenvalue weighted by Crippen LogP contribution is 2.48. The van der Waals surface area contributed by atoms with Crippen LogP contribution < -0.4 is 10.1 Å². The van der Waals surface area contributed by atoms with E-state index in [4.69, 9.17) is 4.74 Å². The van der Waals surface area contributed by atoms with Crippen LogP contribution in [0.5, 0.6) is 5.75 Å². The van der Waals surface area contributed by atoms with E-state index in [-0.39, 0.29) is 13.0 Å². The third-order valence-corrected chi connectivity index (χ3v) is 3.83. The van der Waals surface area contributed by atoms with Gasteiger partial charge in [0.05, 0.1) is 12.5 Å². The topological polar surface area (TPSA) is 21.3 Å². The molecule has 1 aliphatic heterocycles. The second kappa shape index (κ2) is 4.19. The maximum Gasteiger partial charge on any atom is 0.255 e. The second-order valence-electron chi connectivity index (χ2n) is 5.26. The molecule has 1 fully saturated rings.